The third-order valence-electron chi connectivity index (χ3n) is 12.8. The number of H-pyrrole nitrogens is 2. The molecule has 0 aliphatic carbocycles. The predicted octanol–water partition coefficient (Wildman–Crippen LogP) is 10.3. The first-order valence-corrected chi connectivity index (χ1v) is 21.5. The van der Waals surface area contributed by atoms with Crippen LogP contribution in [0.5, 0.6) is 0 Å². The number of aromatic nitrogens is 4. The average Bonchev–Trinajstić information content (AvgIpc) is 4.11. The normalized spacial score (nSPS) is 18.1. The van der Waals surface area contributed by atoms with Crippen molar-refractivity contribution in [3.05, 3.63) is 132 Å². The van der Waals surface area contributed by atoms with E-state index in [4.69, 9.17) is 9.97 Å². The summed E-state index contributed by atoms with van der Waals surface area (Å²) in [5.41, 5.74) is 8.13. The first-order valence-electron chi connectivity index (χ1n) is 21.5. The van der Waals surface area contributed by atoms with Crippen molar-refractivity contribution in [3.63, 3.8) is 0 Å². The molecular formula is C49H57N7O2. The molecule has 58 heavy (non-hydrogen) atoms. The van der Waals surface area contributed by atoms with Crippen molar-refractivity contribution in [3.8, 4) is 22.4 Å². The van der Waals surface area contributed by atoms with Gasteiger partial charge in [-0.3, -0.25) is 14.5 Å². The minimum atomic E-state index is -0.322. The number of carbonyl (C=O) groups excluding carboxylic acids is 2. The molecule has 0 unspecified atom stereocenters. The van der Waals surface area contributed by atoms with Crippen LogP contribution in [-0.2, 0) is 9.59 Å². The predicted molar refractivity (Wildman–Crippen MR) is 232 cm³/mol. The fraction of sp³-hybridized carbons (Fsp3) is 0.388. The number of rotatable bonds is 14. The number of fused-ring (bicyclic) bond motifs is 1. The van der Waals surface area contributed by atoms with Gasteiger partial charge in [-0.05, 0) is 85.1 Å². The fourth-order valence-electron chi connectivity index (χ4n) is 9.62. The molecule has 8 rings (SSSR count). The smallest absolute Gasteiger partial charge is 0.245 e. The zero-order chi connectivity index (χ0) is 40.2. The molecule has 4 heterocycles. The van der Waals surface area contributed by atoms with E-state index in [9.17, 15) is 9.59 Å². The lowest BCUT2D eigenvalue weighted by molar-refractivity contribution is -0.138. The number of amides is 2. The van der Waals surface area contributed by atoms with Gasteiger partial charge in [0.05, 0.1) is 40.9 Å². The summed E-state index contributed by atoms with van der Waals surface area (Å²) in [6, 6.07) is 34.9. The third-order valence-corrected chi connectivity index (χ3v) is 12.8. The number of likely N-dealkylation sites (N-methyl/N-ethyl adjacent to an activating group) is 1. The molecule has 2 aliphatic heterocycles. The molecule has 0 bridgehead atoms. The molecule has 300 valence electrons. The van der Waals surface area contributed by atoms with Gasteiger partial charge >= 0.3 is 0 Å². The molecule has 2 amide bonds. The number of nitrogens with zero attached hydrogens (tertiary/aromatic N) is 5. The Morgan fingerprint density at radius 3 is 1.98 bits per heavy atom. The molecule has 2 saturated heterocycles. The lowest BCUT2D eigenvalue weighted by atomic mass is 9.81. The monoisotopic (exact) mass is 775 g/mol. The summed E-state index contributed by atoms with van der Waals surface area (Å²) >= 11 is 0. The maximum absolute atomic E-state index is 14.4. The van der Waals surface area contributed by atoms with E-state index >= 15 is 0 Å². The number of likely N-dealkylation sites (tertiary alicyclic amines) is 2. The Morgan fingerprint density at radius 1 is 0.690 bits per heavy atom. The van der Waals surface area contributed by atoms with Crippen LogP contribution < -0.4 is 0 Å². The first kappa shape index (κ1) is 39.3. The molecule has 0 spiro atoms. The van der Waals surface area contributed by atoms with Gasteiger partial charge in [0.15, 0.2) is 0 Å². The van der Waals surface area contributed by atoms with Crippen LogP contribution in [-0.4, -0.2) is 72.6 Å². The summed E-state index contributed by atoms with van der Waals surface area (Å²) < 4.78 is 0. The summed E-state index contributed by atoms with van der Waals surface area (Å²) in [5, 5.41) is 0. The van der Waals surface area contributed by atoms with Crippen LogP contribution in [0.2, 0.25) is 0 Å². The topological polar surface area (TPSA) is 101 Å². The number of hydrogen-bond donors (Lipinski definition) is 2. The lowest BCUT2D eigenvalue weighted by Crippen LogP contribution is -2.43. The summed E-state index contributed by atoms with van der Waals surface area (Å²) in [6.07, 6.45) is 7.51. The quantitative estimate of drug-likeness (QED) is 0.115. The highest BCUT2D eigenvalue weighted by atomic mass is 16.2. The Kier molecular flexibility index (Phi) is 11.9. The van der Waals surface area contributed by atoms with Gasteiger partial charge in [0.1, 0.15) is 17.7 Å². The molecule has 2 aromatic heterocycles. The van der Waals surface area contributed by atoms with Crippen LogP contribution in [0.4, 0.5) is 0 Å². The highest BCUT2D eigenvalue weighted by Crippen LogP contribution is 2.40. The molecular weight excluding hydrogens is 719 g/mol. The SMILES string of the molecule is CCC(CC)[C@@H](C(=O)N1CCC[C@H]1c1ncc(-c2cccc(-c3ccc4nc([C@@H]5CCCN5C(=O)[C@@H](c5ccccc5)N(CC)CC)[nH]c4c3)c2)[nH]1)c1ccccc1. The second kappa shape index (κ2) is 17.5. The molecule has 6 aromatic rings. The van der Waals surface area contributed by atoms with E-state index in [0.29, 0.717) is 0 Å². The fourth-order valence-corrected chi connectivity index (χ4v) is 9.62. The van der Waals surface area contributed by atoms with E-state index in [2.05, 4.69) is 114 Å². The van der Waals surface area contributed by atoms with E-state index in [1.165, 1.54) is 0 Å². The van der Waals surface area contributed by atoms with Gasteiger partial charge < -0.3 is 19.8 Å². The third kappa shape index (κ3) is 7.72. The van der Waals surface area contributed by atoms with Crippen molar-refractivity contribution in [2.75, 3.05) is 26.2 Å². The van der Waals surface area contributed by atoms with Crippen molar-refractivity contribution in [2.24, 2.45) is 5.92 Å². The second-order valence-corrected chi connectivity index (χ2v) is 16.0. The molecule has 9 heteroatoms. The van der Waals surface area contributed by atoms with Crippen molar-refractivity contribution < 1.29 is 9.59 Å². The minimum Gasteiger partial charge on any atom is -0.340 e. The van der Waals surface area contributed by atoms with Crippen LogP contribution in [0.25, 0.3) is 33.4 Å². The van der Waals surface area contributed by atoms with Gasteiger partial charge in [0.2, 0.25) is 11.8 Å². The highest BCUT2D eigenvalue weighted by molar-refractivity contribution is 5.86. The minimum absolute atomic E-state index is 0.0745. The maximum atomic E-state index is 14.4. The molecule has 2 N–H and O–H groups in total. The van der Waals surface area contributed by atoms with Crippen molar-refractivity contribution in [1.29, 1.82) is 0 Å². The number of carbonyl (C=O) groups is 2. The van der Waals surface area contributed by atoms with E-state index in [1.807, 2.05) is 47.5 Å². The van der Waals surface area contributed by atoms with Gasteiger partial charge in [-0.25, -0.2) is 9.97 Å². The highest BCUT2D eigenvalue weighted by Gasteiger charge is 2.40. The second-order valence-electron chi connectivity index (χ2n) is 16.0. The van der Waals surface area contributed by atoms with Crippen LogP contribution >= 0.6 is 0 Å². The number of nitrogens with one attached hydrogen (secondary N) is 2. The average molecular weight is 776 g/mol. The van der Waals surface area contributed by atoms with Gasteiger partial charge in [-0.2, -0.15) is 0 Å². The van der Waals surface area contributed by atoms with Crippen molar-refractivity contribution in [2.45, 2.75) is 90.3 Å². The Balaban J connectivity index is 1.01. The molecule has 2 fully saturated rings. The lowest BCUT2D eigenvalue weighted by Gasteiger charge is -2.34. The standard InChI is InChI=1S/C49H57N7O2/c1-5-33(6-2)44(34-18-11-9-12-19-34)48(57)55-28-16-24-42(55)46-50-32-41(53-46)38-23-15-22-36(30-38)37-26-27-39-40(31-37)52-47(51-39)43-25-17-29-56(43)49(58)45(54(7-3)8-4)35-20-13-10-14-21-35/h9-15,18-23,26-27,30-33,42-45H,5-8,16-17,24-25,28-29H2,1-4H3,(H,50,53)(H,51,52)/t42-,43-,44+,45+/m0/s1. The van der Waals surface area contributed by atoms with Gasteiger partial charge in [0.25, 0.3) is 0 Å². The van der Waals surface area contributed by atoms with Crippen molar-refractivity contribution in [1.82, 2.24) is 34.6 Å². The maximum Gasteiger partial charge on any atom is 0.245 e. The zero-order valence-corrected chi connectivity index (χ0v) is 34.4. The van der Waals surface area contributed by atoms with Gasteiger partial charge in [-0.1, -0.05) is 125 Å². The van der Waals surface area contributed by atoms with Gasteiger partial charge in [-0.15, -0.1) is 0 Å². The van der Waals surface area contributed by atoms with Crippen LogP contribution in [0.1, 0.15) is 113 Å². The largest absolute Gasteiger partial charge is 0.340 e. The first-order chi connectivity index (χ1) is 28.4. The number of imidazole rings is 2. The summed E-state index contributed by atoms with van der Waals surface area (Å²) in [4.78, 5) is 52.3. The van der Waals surface area contributed by atoms with E-state index in [1.54, 1.807) is 0 Å². The number of benzene rings is 4. The summed E-state index contributed by atoms with van der Waals surface area (Å²) in [7, 11) is 0. The van der Waals surface area contributed by atoms with Crippen molar-refractivity contribution >= 4 is 22.8 Å². The molecule has 0 radical (unpaired) electrons. The molecule has 2 aliphatic rings. The Labute approximate surface area is 342 Å². The Hall–Kier alpha value is -5.54. The number of aromatic amines is 2. The van der Waals surface area contributed by atoms with Gasteiger partial charge in [0, 0.05) is 18.7 Å². The zero-order valence-electron chi connectivity index (χ0n) is 34.4. The van der Waals surface area contributed by atoms with Crippen LogP contribution in [0.15, 0.2) is 109 Å². The molecule has 4 atom stereocenters. The molecule has 4 aromatic carbocycles. The van der Waals surface area contributed by atoms with E-state index in [-0.39, 0.29) is 41.8 Å². The molecule has 9 nitrogen and oxygen atoms in total. The van der Waals surface area contributed by atoms with E-state index < -0.39 is 0 Å². The summed E-state index contributed by atoms with van der Waals surface area (Å²) in [6.45, 7) is 11.7. The summed E-state index contributed by atoms with van der Waals surface area (Å²) in [5.74, 6) is 2.18. The number of hydrogen-bond acceptors (Lipinski definition) is 5. The molecule has 0 saturated carbocycles. The Bertz CT molecular complexity index is 2310. The van der Waals surface area contributed by atoms with Crippen LogP contribution in [0, 0.1) is 5.92 Å². The van der Waals surface area contributed by atoms with E-state index in [0.717, 1.165) is 121 Å². The Morgan fingerprint density at radius 2 is 1.31 bits per heavy atom. The van der Waals surface area contributed by atoms with Crippen LogP contribution in [0.3, 0.4) is 0 Å².